The van der Waals surface area contributed by atoms with E-state index < -0.39 is 17.4 Å². The molecule has 19 heavy (non-hydrogen) atoms. The lowest BCUT2D eigenvalue weighted by molar-refractivity contribution is -0.148. The Morgan fingerprint density at radius 1 is 1.42 bits per heavy atom. The van der Waals surface area contributed by atoms with Crippen LogP contribution in [0, 0.1) is 11.3 Å². The van der Waals surface area contributed by atoms with Crippen molar-refractivity contribution in [1.29, 1.82) is 0 Å². The first-order chi connectivity index (χ1) is 8.95. The third-order valence-corrected chi connectivity index (χ3v) is 4.09. The van der Waals surface area contributed by atoms with Crippen LogP contribution >= 0.6 is 0 Å². The number of rotatable bonds is 5. The minimum Gasteiger partial charge on any atom is -0.464 e. The summed E-state index contributed by atoms with van der Waals surface area (Å²) in [6.07, 6.45) is 3.62. The number of nitrogens with one attached hydrogen (secondary N) is 1. The van der Waals surface area contributed by atoms with Gasteiger partial charge in [-0.05, 0) is 45.4 Å². The lowest BCUT2D eigenvalue weighted by atomic mass is 9.70. The average molecular weight is 270 g/mol. The number of esters is 1. The molecular weight excluding hydrogens is 244 g/mol. The van der Waals surface area contributed by atoms with E-state index in [1.807, 2.05) is 0 Å². The molecule has 1 rings (SSSR count). The summed E-state index contributed by atoms with van der Waals surface area (Å²) in [7, 11) is 0. The number of hydrogen-bond donors (Lipinski definition) is 2. The van der Waals surface area contributed by atoms with Crippen LogP contribution in [0.1, 0.15) is 46.5 Å². The number of ether oxygens (including phenoxy) is 1. The van der Waals surface area contributed by atoms with Crippen molar-refractivity contribution in [3.05, 3.63) is 0 Å². The quantitative estimate of drug-likeness (QED) is 0.736. The Bertz CT molecular complexity index is 323. The molecule has 0 aromatic rings. The second kappa shape index (κ2) is 6.89. The molecule has 1 aliphatic rings. The van der Waals surface area contributed by atoms with E-state index in [9.17, 15) is 9.59 Å². The zero-order valence-electron chi connectivity index (χ0n) is 12.2. The fourth-order valence-electron chi connectivity index (χ4n) is 2.51. The summed E-state index contributed by atoms with van der Waals surface area (Å²) in [5.41, 5.74) is 5.31. The van der Waals surface area contributed by atoms with E-state index in [4.69, 9.17) is 10.5 Å². The summed E-state index contributed by atoms with van der Waals surface area (Å²) in [6.45, 7) is 6.24. The number of carbonyl (C=O) groups is 2. The van der Waals surface area contributed by atoms with Gasteiger partial charge in [-0.25, -0.2) is 4.79 Å². The number of hydrogen-bond acceptors (Lipinski definition) is 4. The van der Waals surface area contributed by atoms with Crippen LogP contribution in [0.2, 0.25) is 0 Å². The first-order valence-electron chi connectivity index (χ1n) is 7.13. The normalized spacial score (nSPS) is 28.5. The minimum atomic E-state index is -0.616. The maximum Gasteiger partial charge on any atom is 0.328 e. The molecule has 1 atom stereocenters. The van der Waals surface area contributed by atoms with Gasteiger partial charge in [-0.15, -0.1) is 0 Å². The first-order valence-corrected chi connectivity index (χ1v) is 7.13. The van der Waals surface area contributed by atoms with Gasteiger partial charge in [0.05, 0.1) is 12.0 Å². The van der Waals surface area contributed by atoms with Crippen molar-refractivity contribution in [2.24, 2.45) is 17.1 Å². The molecule has 1 amide bonds. The summed E-state index contributed by atoms with van der Waals surface area (Å²) >= 11 is 0. The molecule has 0 aromatic carbocycles. The Kier molecular flexibility index (Phi) is 5.79. The van der Waals surface area contributed by atoms with Gasteiger partial charge in [-0.1, -0.05) is 6.92 Å². The van der Waals surface area contributed by atoms with Gasteiger partial charge in [-0.2, -0.15) is 0 Å². The highest BCUT2D eigenvalue weighted by atomic mass is 16.5. The van der Waals surface area contributed by atoms with Gasteiger partial charge in [-0.3, -0.25) is 4.79 Å². The van der Waals surface area contributed by atoms with Gasteiger partial charge >= 0.3 is 5.97 Å². The van der Waals surface area contributed by atoms with Crippen molar-refractivity contribution in [1.82, 2.24) is 5.32 Å². The second-order valence-corrected chi connectivity index (χ2v) is 5.61. The van der Waals surface area contributed by atoms with Crippen molar-refractivity contribution in [3.8, 4) is 0 Å². The number of carbonyl (C=O) groups excluding carboxylic acids is 2. The predicted octanol–water partition coefficient (Wildman–Crippen LogP) is 1.21. The van der Waals surface area contributed by atoms with E-state index in [0.29, 0.717) is 19.1 Å². The summed E-state index contributed by atoms with van der Waals surface area (Å²) < 4.78 is 4.89. The molecule has 0 heterocycles. The number of nitrogens with two attached hydrogens (primary N) is 1. The zero-order valence-corrected chi connectivity index (χ0v) is 12.2. The van der Waals surface area contributed by atoms with Crippen LogP contribution in [0.4, 0.5) is 0 Å². The SMILES string of the molecule is CCOC(=O)C(C)NC(=O)C1(CN)CCC(C)CC1. The molecule has 110 valence electrons. The van der Waals surface area contributed by atoms with E-state index in [0.717, 1.165) is 25.7 Å². The van der Waals surface area contributed by atoms with Gasteiger partial charge in [0.15, 0.2) is 0 Å². The van der Waals surface area contributed by atoms with Crippen molar-refractivity contribution in [2.45, 2.75) is 52.5 Å². The molecular formula is C14H26N2O3. The molecule has 0 saturated heterocycles. The molecule has 1 aliphatic carbocycles. The van der Waals surface area contributed by atoms with E-state index >= 15 is 0 Å². The summed E-state index contributed by atoms with van der Waals surface area (Å²) in [4.78, 5) is 23.9. The molecule has 3 N–H and O–H groups in total. The van der Waals surface area contributed by atoms with E-state index in [2.05, 4.69) is 12.2 Å². The van der Waals surface area contributed by atoms with Crippen LogP contribution in [-0.2, 0) is 14.3 Å². The van der Waals surface area contributed by atoms with Crippen LogP contribution in [0.15, 0.2) is 0 Å². The zero-order chi connectivity index (χ0) is 14.5. The predicted molar refractivity (Wildman–Crippen MR) is 73.4 cm³/mol. The van der Waals surface area contributed by atoms with Crippen LogP contribution in [0.3, 0.4) is 0 Å². The molecule has 5 heteroatoms. The lowest BCUT2D eigenvalue weighted by Gasteiger charge is -2.37. The van der Waals surface area contributed by atoms with Crippen LogP contribution in [-0.4, -0.2) is 31.1 Å². The maximum absolute atomic E-state index is 12.4. The van der Waals surface area contributed by atoms with Gasteiger partial charge in [0.2, 0.25) is 5.91 Å². The Morgan fingerprint density at radius 3 is 2.47 bits per heavy atom. The minimum absolute atomic E-state index is 0.109. The maximum atomic E-state index is 12.4. The van der Waals surface area contributed by atoms with Crippen LogP contribution < -0.4 is 11.1 Å². The molecule has 5 nitrogen and oxygen atoms in total. The molecule has 0 aromatic heterocycles. The fraction of sp³-hybridized carbons (Fsp3) is 0.857. The molecule has 1 saturated carbocycles. The monoisotopic (exact) mass is 270 g/mol. The van der Waals surface area contributed by atoms with Crippen molar-refractivity contribution in [2.75, 3.05) is 13.2 Å². The number of amides is 1. The Morgan fingerprint density at radius 2 is 2.00 bits per heavy atom. The Hall–Kier alpha value is -1.10. The topological polar surface area (TPSA) is 81.4 Å². The van der Waals surface area contributed by atoms with Crippen molar-refractivity contribution in [3.63, 3.8) is 0 Å². The molecule has 0 radical (unpaired) electrons. The van der Waals surface area contributed by atoms with Crippen LogP contribution in [0.25, 0.3) is 0 Å². The molecule has 0 spiro atoms. The van der Waals surface area contributed by atoms with Gasteiger partial charge < -0.3 is 15.8 Å². The molecule has 0 bridgehead atoms. The Balaban J connectivity index is 2.62. The standard InChI is InChI=1S/C14H26N2O3/c1-4-19-12(17)11(3)16-13(18)14(9-15)7-5-10(2)6-8-14/h10-11H,4-9,15H2,1-3H3,(H,16,18). The molecule has 0 aliphatic heterocycles. The first kappa shape index (κ1) is 16.0. The van der Waals surface area contributed by atoms with Gasteiger partial charge in [0.25, 0.3) is 0 Å². The lowest BCUT2D eigenvalue weighted by Crippen LogP contribution is -2.52. The third-order valence-electron chi connectivity index (χ3n) is 4.09. The summed E-state index contributed by atoms with van der Waals surface area (Å²) in [5.74, 6) is 0.143. The molecule has 1 unspecified atom stereocenters. The largest absolute Gasteiger partial charge is 0.464 e. The van der Waals surface area contributed by atoms with Crippen molar-refractivity contribution < 1.29 is 14.3 Å². The van der Waals surface area contributed by atoms with E-state index in [1.54, 1.807) is 13.8 Å². The molecule has 1 fully saturated rings. The van der Waals surface area contributed by atoms with Crippen molar-refractivity contribution >= 4 is 11.9 Å². The van der Waals surface area contributed by atoms with Crippen LogP contribution in [0.5, 0.6) is 0 Å². The smallest absolute Gasteiger partial charge is 0.328 e. The summed E-state index contributed by atoms with van der Waals surface area (Å²) in [5, 5.41) is 2.75. The Labute approximate surface area is 115 Å². The van der Waals surface area contributed by atoms with E-state index in [1.165, 1.54) is 0 Å². The second-order valence-electron chi connectivity index (χ2n) is 5.61. The average Bonchev–Trinajstić information content (AvgIpc) is 2.40. The summed E-state index contributed by atoms with van der Waals surface area (Å²) in [6, 6.07) is -0.616. The highest BCUT2D eigenvalue weighted by molar-refractivity contribution is 5.88. The van der Waals surface area contributed by atoms with E-state index in [-0.39, 0.29) is 5.91 Å². The van der Waals surface area contributed by atoms with Gasteiger partial charge in [0, 0.05) is 6.54 Å². The highest BCUT2D eigenvalue weighted by Gasteiger charge is 2.40. The third kappa shape index (κ3) is 3.93. The highest BCUT2D eigenvalue weighted by Crippen LogP contribution is 2.38. The fourth-order valence-corrected chi connectivity index (χ4v) is 2.51. The van der Waals surface area contributed by atoms with Gasteiger partial charge in [0.1, 0.15) is 6.04 Å².